The highest BCUT2D eigenvalue weighted by Gasteiger charge is 2.46. The maximum absolute atomic E-state index is 11.8. The fourth-order valence-corrected chi connectivity index (χ4v) is 3.84. The van der Waals surface area contributed by atoms with Crippen LogP contribution in [0.15, 0.2) is 0 Å². The third-order valence-electron chi connectivity index (χ3n) is 3.79. The molecular formula is C13H26N2O2S. The van der Waals surface area contributed by atoms with Gasteiger partial charge in [0.25, 0.3) is 0 Å². The van der Waals surface area contributed by atoms with Crippen LogP contribution < -0.4 is 11.1 Å². The van der Waals surface area contributed by atoms with Gasteiger partial charge >= 0.3 is 0 Å². The van der Waals surface area contributed by atoms with Crippen molar-refractivity contribution in [3.05, 3.63) is 0 Å². The third-order valence-corrected chi connectivity index (χ3v) is 4.77. The SMILES string of the molecule is CCNC1(C(N)=O)CCCC1CCSCCOC. The number of primary amides is 1. The van der Waals surface area contributed by atoms with Gasteiger partial charge in [0.15, 0.2) is 0 Å². The Kier molecular flexibility index (Phi) is 7.04. The van der Waals surface area contributed by atoms with Crippen molar-refractivity contribution in [3.63, 3.8) is 0 Å². The minimum absolute atomic E-state index is 0.172. The Morgan fingerprint density at radius 2 is 2.33 bits per heavy atom. The van der Waals surface area contributed by atoms with Crippen LogP contribution >= 0.6 is 11.8 Å². The number of methoxy groups -OCH3 is 1. The maximum Gasteiger partial charge on any atom is 0.238 e. The summed E-state index contributed by atoms with van der Waals surface area (Å²) in [5, 5.41) is 3.35. The molecule has 0 aliphatic heterocycles. The first-order valence-corrected chi connectivity index (χ1v) is 7.94. The Bertz CT molecular complexity index is 263. The first-order chi connectivity index (χ1) is 8.67. The molecule has 0 spiro atoms. The number of ether oxygens (including phenoxy) is 1. The molecule has 1 fully saturated rings. The fraction of sp³-hybridized carbons (Fsp3) is 0.923. The van der Waals surface area contributed by atoms with E-state index in [1.54, 1.807) is 7.11 Å². The number of carbonyl (C=O) groups is 1. The number of carbonyl (C=O) groups excluding carboxylic acids is 1. The maximum atomic E-state index is 11.8. The van der Waals surface area contributed by atoms with Crippen LogP contribution in [0.3, 0.4) is 0 Å². The molecule has 106 valence electrons. The lowest BCUT2D eigenvalue weighted by atomic mass is 9.84. The molecule has 1 amide bonds. The number of rotatable bonds is 9. The van der Waals surface area contributed by atoms with Gasteiger partial charge in [-0.1, -0.05) is 13.3 Å². The van der Waals surface area contributed by atoms with E-state index in [1.165, 1.54) is 0 Å². The molecule has 18 heavy (non-hydrogen) atoms. The summed E-state index contributed by atoms with van der Waals surface area (Å²) in [4.78, 5) is 11.8. The summed E-state index contributed by atoms with van der Waals surface area (Å²) >= 11 is 1.89. The van der Waals surface area contributed by atoms with Gasteiger partial charge in [0, 0.05) is 12.9 Å². The normalized spacial score (nSPS) is 27.6. The largest absolute Gasteiger partial charge is 0.384 e. The van der Waals surface area contributed by atoms with Crippen molar-refractivity contribution in [1.82, 2.24) is 5.32 Å². The Balaban J connectivity index is 2.44. The molecule has 0 aromatic heterocycles. The van der Waals surface area contributed by atoms with Crippen molar-refractivity contribution >= 4 is 17.7 Å². The van der Waals surface area contributed by atoms with E-state index in [0.29, 0.717) is 5.92 Å². The zero-order chi connectivity index (χ0) is 13.4. The lowest BCUT2D eigenvalue weighted by Crippen LogP contribution is -2.57. The van der Waals surface area contributed by atoms with Gasteiger partial charge in [-0.25, -0.2) is 0 Å². The number of nitrogens with two attached hydrogens (primary N) is 1. The van der Waals surface area contributed by atoms with Gasteiger partial charge in [-0.3, -0.25) is 4.79 Å². The van der Waals surface area contributed by atoms with Crippen molar-refractivity contribution in [2.45, 2.75) is 38.1 Å². The fourth-order valence-electron chi connectivity index (χ4n) is 2.90. The van der Waals surface area contributed by atoms with Gasteiger partial charge in [-0.15, -0.1) is 0 Å². The van der Waals surface area contributed by atoms with Gasteiger partial charge in [-0.2, -0.15) is 11.8 Å². The second-order valence-corrected chi connectivity index (χ2v) is 6.07. The van der Waals surface area contributed by atoms with E-state index in [4.69, 9.17) is 10.5 Å². The summed E-state index contributed by atoms with van der Waals surface area (Å²) in [7, 11) is 1.72. The molecule has 0 aromatic carbocycles. The van der Waals surface area contributed by atoms with Crippen molar-refractivity contribution in [3.8, 4) is 0 Å². The van der Waals surface area contributed by atoms with Gasteiger partial charge in [0.2, 0.25) is 5.91 Å². The highest BCUT2D eigenvalue weighted by molar-refractivity contribution is 7.99. The Hall–Kier alpha value is -0.260. The van der Waals surface area contributed by atoms with Gasteiger partial charge < -0.3 is 15.8 Å². The zero-order valence-electron chi connectivity index (χ0n) is 11.5. The molecule has 1 rings (SSSR count). The van der Waals surface area contributed by atoms with E-state index >= 15 is 0 Å². The second kappa shape index (κ2) is 8.02. The monoisotopic (exact) mass is 274 g/mol. The Morgan fingerprint density at radius 3 is 2.94 bits per heavy atom. The van der Waals surface area contributed by atoms with Crippen molar-refractivity contribution < 1.29 is 9.53 Å². The molecule has 1 aliphatic rings. The highest BCUT2D eigenvalue weighted by atomic mass is 32.2. The number of nitrogens with one attached hydrogen (secondary N) is 1. The Morgan fingerprint density at radius 1 is 1.56 bits per heavy atom. The van der Waals surface area contributed by atoms with Crippen LogP contribution in [0.1, 0.15) is 32.6 Å². The molecule has 0 heterocycles. The summed E-state index contributed by atoms with van der Waals surface area (Å²) in [5.74, 6) is 2.32. The van der Waals surface area contributed by atoms with Crippen molar-refractivity contribution in [1.29, 1.82) is 0 Å². The second-order valence-electron chi connectivity index (χ2n) is 4.85. The number of amides is 1. The summed E-state index contributed by atoms with van der Waals surface area (Å²) in [5.41, 5.74) is 5.19. The average molecular weight is 274 g/mol. The van der Waals surface area contributed by atoms with Gasteiger partial charge in [-0.05, 0) is 37.5 Å². The van der Waals surface area contributed by atoms with Crippen LogP contribution in [0.4, 0.5) is 0 Å². The molecule has 2 atom stereocenters. The predicted octanol–water partition coefficient (Wildman–Crippen LogP) is 1.39. The van der Waals surface area contributed by atoms with Gasteiger partial charge in [0.05, 0.1) is 6.61 Å². The third kappa shape index (κ3) is 3.87. The van der Waals surface area contributed by atoms with Crippen LogP contribution in [0.5, 0.6) is 0 Å². The van der Waals surface area contributed by atoms with E-state index in [2.05, 4.69) is 5.32 Å². The van der Waals surface area contributed by atoms with E-state index in [1.807, 2.05) is 18.7 Å². The minimum Gasteiger partial charge on any atom is -0.384 e. The van der Waals surface area contributed by atoms with E-state index in [-0.39, 0.29) is 5.91 Å². The lowest BCUT2D eigenvalue weighted by Gasteiger charge is -2.33. The molecule has 0 aromatic rings. The summed E-state index contributed by atoms with van der Waals surface area (Å²) in [6.07, 6.45) is 4.16. The smallest absolute Gasteiger partial charge is 0.238 e. The number of likely N-dealkylation sites (N-methyl/N-ethyl adjacent to an activating group) is 1. The predicted molar refractivity (Wildman–Crippen MR) is 76.8 cm³/mol. The zero-order valence-corrected chi connectivity index (χ0v) is 12.4. The van der Waals surface area contributed by atoms with Crippen LogP contribution in [-0.4, -0.2) is 43.2 Å². The Labute approximate surface area is 114 Å². The number of hydrogen-bond acceptors (Lipinski definition) is 4. The minimum atomic E-state index is -0.448. The van der Waals surface area contributed by atoms with E-state index in [9.17, 15) is 4.79 Å². The molecule has 1 saturated carbocycles. The molecule has 0 radical (unpaired) electrons. The van der Waals surface area contributed by atoms with E-state index in [0.717, 1.165) is 50.3 Å². The van der Waals surface area contributed by atoms with Crippen LogP contribution in [0.25, 0.3) is 0 Å². The topological polar surface area (TPSA) is 64.3 Å². The molecule has 2 unspecified atom stereocenters. The summed E-state index contributed by atoms with van der Waals surface area (Å²) < 4.78 is 5.02. The molecular weight excluding hydrogens is 248 g/mol. The first kappa shape index (κ1) is 15.8. The molecule has 5 heteroatoms. The van der Waals surface area contributed by atoms with Crippen LogP contribution in [-0.2, 0) is 9.53 Å². The summed E-state index contributed by atoms with van der Waals surface area (Å²) in [6.45, 7) is 3.63. The standard InChI is InChI=1S/C13H26N2O2S/c1-3-15-13(12(14)16)7-4-5-11(13)6-9-18-10-8-17-2/h11,15H,3-10H2,1-2H3,(H2,14,16). The highest BCUT2D eigenvalue weighted by Crippen LogP contribution is 2.38. The van der Waals surface area contributed by atoms with Crippen molar-refractivity contribution in [2.75, 3.05) is 31.8 Å². The van der Waals surface area contributed by atoms with E-state index < -0.39 is 5.54 Å². The molecule has 3 N–H and O–H groups in total. The molecule has 1 aliphatic carbocycles. The molecule has 0 saturated heterocycles. The quantitative estimate of drug-likeness (QED) is 0.624. The molecule has 4 nitrogen and oxygen atoms in total. The summed E-state index contributed by atoms with van der Waals surface area (Å²) in [6, 6.07) is 0. The number of hydrogen-bond donors (Lipinski definition) is 2. The average Bonchev–Trinajstić information content (AvgIpc) is 2.74. The van der Waals surface area contributed by atoms with Crippen LogP contribution in [0.2, 0.25) is 0 Å². The first-order valence-electron chi connectivity index (χ1n) is 6.79. The lowest BCUT2D eigenvalue weighted by molar-refractivity contribution is -0.125. The van der Waals surface area contributed by atoms with Crippen molar-refractivity contribution in [2.24, 2.45) is 11.7 Å². The van der Waals surface area contributed by atoms with Gasteiger partial charge in [0.1, 0.15) is 5.54 Å². The molecule has 0 bridgehead atoms. The number of thioether (sulfide) groups is 1. The van der Waals surface area contributed by atoms with Crippen LogP contribution in [0, 0.1) is 5.92 Å².